The van der Waals surface area contributed by atoms with E-state index in [-0.39, 0.29) is 0 Å². The second kappa shape index (κ2) is 5.43. The predicted octanol–water partition coefficient (Wildman–Crippen LogP) is 3.61. The molecule has 0 amide bonds. The molecular formula is C17H20N2O2. The van der Waals surface area contributed by atoms with Gasteiger partial charge in [-0.05, 0) is 42.3 Å². The van der Waals surface area contributed by atoms with Crippen molar-refractivity contribution >= 4 is 16.6 Å². The van der Waals surface area contributed by atoms with E-state index in [1.807, 2.05) is 24.4 Å². The molecule has 2 aromatic rings. The number of nitrogens with zero attached hydrogens (tertiary/aromatic N) is 1. The molecule has 0 saturated heterocycles. The second-order valence-electron chi connectivity index (χ2n) is 5.91. The molecule has 1 aliphatic heterocycles. The quantitative estimate of drug-likeness (QED) is 0.935. The topological polar surface area (TPSA) is 43.4 Å². The highest BCUT2D eigenvalue weighted by Crippen LogP contribution is 2.36. The lowest BCUT2D eigenvalue weighted by Crippen LogP contribution is -2.15. The minimum atomic E-state index is 0.615. The normalized spacial score (nSPS) is 18.1. The van der Waals surface area contributed by atoms with Crippen LogP contribution in [-0.2, 0) is 0 Å². The number of hydrogen-bond acceptors (Lipinski definition) is 4. The maximum absolute atomic E-state index is 5.68. The Morgan fingerprint density at radius 2 is 1.86 bits per heavy atom. The Balaban J connectivity index is 1.64. The van der Waals surface area contributed by atoms with Gasteiger partial charge in [0.1, 0.15) is 19.0 Å². The Kier molecular flexibility index (Phi) is 3.30. The Morgan fingerprint density at radius 1 is 1.10 bits per heavy atom. The van der Waals surface area contributed by atoms with Gasteiger partial charge < -0.3 is 14.8 Å². The van der Waals surface area contributed by atoms with Gasteiger partial charge in [0.05, 0.1) is 0 Å². The van der Waals surface area contributed by atoms with Crippen molar-refractivity contribution in [2.24, 2.45) is 5.92 Å². The average molecular weight is 284 g/mol. The molecule has 2 heterocycles. The first-order valence-corrected chi connectivity index (χ1v) is 7.82. The van der Waals surface area contributed by atoms with Crippen LogP contribution in [0.3, 0.4) is 0 Å². The summed E-state index contributed by atoms with van der Waals surface area (Å²) in [5.41, 5.74) is 0. The molecule has 1 fully saturated rings. The van der Waals surface area contributed by atoms with E-state index in [2.05, 4.69) is 10.3 Å². The third-order valence-corrected chi connectivity index (χ3v) is 4.46. The smallest absolute Gasteiger partial charge is 0.162 e. The van der Waals surface area contributed by atoms with Crippen LogP contribution < -0.4 is 14.8 Å². The molecule has 0 atom stereocenters. The maximum atomic E-state index is 5.68. The summed E-state index contributed by atoms with van der Waals surface area (Å²) in [6.07, 6.45) is 7.27. The van der Waals surface area contributed by atoms with Gasteiger partial charge in [-0.2, -0.15) is 0 Å². The molecule has 1 aromatic heterocycles. The largest absolute Gasteiger partial charge is 0.486 e. The summed E-state index contributed by atoms with van der Waals surface area (Å²) in [6, 6.07) is 6.12. The first-order chi connectivity index (χ1) is 10.4. The number of benzene rings is 1. The molecule has 0 radical (unpaired) electrons. The zero-order valence-electron chi connectivity index (χ0n) is 12.1. The van der Waals surface area contributed by atoms with Gasteiger partial charge in [0, 0.05) is 18.1 Å². The molecule has 4 nitrogen and oxygen atoms in total. The maximum Gasteiger partial charge on any atom is 0.162 e. The van der Waals surface area contributed by atoms with Crippen LogP contribution in [0.15, 0.2) is 24.4 Å². The zero-order valence-corrected chi connectivity index (χ0v) is 12.1. The Bertz CT molecular complexity index is 651. The van der Waals surface area contributed by atoms with Crippen LogP contribution >= 0.6 is 0 Å². The van der Waals surface area contributed by atoms with Crippen LogP contribution in [0.5, 0.6) is 11.5 Å². The van der Waals surface area contributed by atoms with Gasteiger partial charge >= 0.3 is 0 Å². The Hall–Kier alpha value is -1.97. The molecule has 1 aromatic carbocycles. The average Bonchev–Trinajstić information content (AvgIpc) is 3.04. The molecule has 2 aliphatic rings. The molecule has 0 unspecified atom stereocenters. The van der Waals surface area contributed by atoms with Crippen LogP contribution in [0, 0.1) is 5.92 Å². The summed E-state index contributed by atoms with van der Waals surface area (Å²) in [6.45, 7) is 2.25. The van der Waals surface area contributed by atoms with Crippen molar-refractivity contribution in [3.05, 3.63) is 24.4 Å². The zero-order chi connectivity index (χ0) is 14.1. The SMILES string of the molecule is c1cc2cc3c(cc2c(NCC2CCCC2)n1)OCCO3. The molecule has 1 saturated carbocycles. The molecule has 21 heavy (non-hydrogen) atoms. The number of nitrogens with one attached hydrogen (secondary N) is 1. The lowest BCUT2D eigenvalue weighted by atomic mass is 10.1. The second-order valence-corrected chi connectivity index (χ2v) is 5.91. The van der Waals surface area contributed by atoms with Gasteiger partial charge in [-0.15, -0.1) is 0 Å². The van der Waals surface area contributed by atoms with Gasteiger partial charge in [-0.25, -0.2) is 4.98 Å². The molecular weight excluding hydrogens is 264 g/mol. The minimum absolute atomic E-state index is 0.615. The summed E-state index contributed by atoms with van der Waals surface area (Å²) < 4.78 is 11.3. The van der Waals surface area contributed by atoms with Crippen LogP contribution in [0.25, 0.3) is 10.8 Å². The summed E-state index contributed by atoms with van der Waals surface area (Å²) in [7, 11) is 0. The van der Waals surface area contributed by atoms with E-state index in [1.165, 1.54) is 25.7 Å². The van der Waals surface area contributed by atoms with Crippen LogP contribution in [0.1, 0.15) is 25.7 Å². The monoisotopic (exact) mass is 284 g/mol. The van der Waals surface area contributed by atoms with Gasteiger partial charge in [0.25, 0.3) is 0 Å². The number of ether oxygens (including phenoxy) is 2. The fourth-order valence-electron chi connectivity index (χ4n) is 3.31. The summed E-state index contributed by atoms with van der Waals surface area (Å²) in [4.78, 5) is 4.51. The Morgan fingerprint density at radius 3 is 2.67 bits per heavy atom. The summed E-state index contributed by atoms with van der Waals surface area (Å²) >= 11 is 0. The van der Waals surface area contributed by atoms with Crippen molar-refractivity contribution in [2.75, 3.05) is 25.1 Å². The van der Waals surface area contributed by atoms with E-state index in [4.69, 9.17) is 9.47 Å². The molecule has 1 aliphatic carbocycles. The molecule has 0 spiro atoms. The van der Waals surface area contributed by atoms with Crippen molar-refractivity contribution in [3.8, 4) is 11.5 Å². The predicted molar refractivity (Wildman–Crippen MR) is 83.2 cm³/mol. The Labute approximate surface area is 124 Å². The molecule has 1 N–H and O–H groups in total. The number of anilines is 1. The first kappa shape index (κ1) is 12.7. The number of rotatable bonds is 3. The van der Waals surface area contributed by atoms with Crippen molar-refractivity contribution in [1.29, 1.82) is 0 Å². The van der Waals surface area contributed by atoms with Gasteiger partial charge in [0.2, 0.25) is 0 Å². The first-order valence-electron chi connectivity index (χ1n) is 7.82. The van der Waals surface area contributed by atoms with Gasteiger partial charge in [0.15, 0.2) is 11.5 Å². The number of hydrogen-bond donors (Lipinski definition) is 1. The highest BCUT2D eigenvalue weighted by molar-refractivity contribution is 5.94. The molecule has 0 bridgehead atoms. The van der Waals surface area contributed by atoms with E-state index in [9.17, 15) is 0 Å². The minimum Gasteiger partial charge on any atom is -0.486 e. The third-order valence-electron chi connectivity index (χ3n) is 4.46. The number of pyridine rings is 1. The highest BCUT2D eigenvalue weighted by Gasteiger charge is 2.17. The van der Waals surface area contributed by atoms with E-state index >= 15 is 0 Å². The third kappa shape index (κ3) is 2.50. The van der Waals surface area contributed by atoms with E-state index in [0.717, 1.165) is 40.6 Å². The van der Waals surface area contributed by atoms with E-state index in [1.54, 1.807) is 0 Å². The van der Waals surface area contributed by atoms with Crippen LogP contribution in [0.4, 0.5) is 5.82 Å². The lowest BCUT2D eigenvalue weighted by Gasteiger charge is -2.20. The van der Waals surface area contributed by atoms with E-state index in [0.29, 0.717) is 13.2 Å². The summed E-state index contributed by atoms with van der Waals surface area (Å²) in [5, 5.41) is 5.78. The summed E-state index contributed by atoms with van der Waals surface area (Å²) in [5.74, 6) is 3.41. The molecule has 110 valence electrons. The standard InChI is InChI=1S/C17H20N2O2/c1-2-4-12(3-1)11-19-17-14-10-16-15(20-7-8-21-16)9-13(14)5-6-18-17/h5-6,9-10,12H,1-4,7-8,11H2,(H,18,19). The highest BCUT2D eigenvalue weighted by atomic mass is 16.6. The van der Waals surface area contributed by atoms with Crippen molar-refractivity contribution in [3.63, 3.8) is 0 Å². The molecule has 4 heteroatoms. The lowest BCUT2D eigenvalue weighted by molar-refractivity contribution is 0.172. The van der Waals surface area contributed by atoms with Crippen molar-refractivity contribution < 1.29 is 9.47 Å². The van der Waals surface area contributed by atoms with Crippen molar-refractivity contribution in [1.82, 2.24) is 4.98 Å². The number of fused-ring (bicyclic) bond motifs is 2. The number of aromatic nitrogens is 1. The van der Waals surface area contributed by atoms with Crippen LogP contribution in [0.2, 0.25) is 0 Å². The fourth-order valence-corrected chi connectivity index (χ4v) is 3.31. The van der Waals surface area contributed by atoms with Gasteiger partial charge in [-0.3, -0.25) is 0 Å². The van der Waals surface area contributed by atoms with Crippen LogP contribution in [-0.4, -0.2) is 24.7 Å². The van der Waals surface area contributed by atoms with Crippen molar-refractivity contribution in [2.45, 2.75) is 25.7 Å². The van der Waals surface area contributed by atoms with Gasteiger partial charge in [-0.1, -0.05) is 12.8 Å². The molecule has 4 rings (SSSR count). The fraction of sp³-hybridized carbons (Fsp3) is 0.471. The van der Waals surface area contributed by atoms with E-state index < -0.39 is 0 Å².